The molecule has 0 aliphatic heterocycles. The third-order valence-corrected chi connectivity index (χ3v) is 2.62. The van der Waals surface area contributed by atoms with Crippen molar-refractivity contribution in [3.05, 3.63) is 35.4 Å². The molecule has 2 nitrogen and oxygen atoms in total. The van der Waals surface area contributed by atoms with E-state index in [-0.39, 0.29) is 5.97 Å². The number of carbonyl (C=O) groups excluding carboxylic acids is 1. The maximum atomic E-state index is 11.1. The molecule has 0 spiro atoms. The number of esters is 1. The molecule has 1 aromatic carbocycles. The molecule has 3 unspecified atom stereocenters. The van der Waals surface area contributed by atoms with E-state index in [1.165, 1.54) is 12.7 Å². The number of benzene rings is 1. The quantitative estimate of drug-likeness (QED) is 0.556. The summed E-state index contributed by atoms with van der Waals surface area (Å²) in [6.45, 7) is 0. The molecule has 0 saturated carbocycles. The van der Waals surface area contributed by atoms with Crippen LogP contribution in [-0.2, 0) is 4.74 Å². The molecule has 0 saturated heterocycles. The van der Waals surface area contributed by atoms with E-state index in [9.17, 15) is 4.79 Å². The summed E-state index contributed by atoms with van der Waals surface area (Å²) >= 11 is 0. The van der Waals surface area contributed by atoms with Crippen molar-refractivity contribution in [2.45, 2.75) is 5.40 Å². The van der Waals surface area contributed by atoms with Gasteiger partial charge in [-0.15, -0.1) is 0 Å². The Kier molecular flexibility index (Phi) is 3.84. The highest BCUT2D eigenvalue weighted by Gasteiger charge is 2.06. The van der Waals surface area contributed by atoms with Gasteiger partial charge in [-0.05, 0) is 26.9 Å². The average Bonchev–Trinajstić information content (AvgIpc) is 2.17. The number of carbonyl (C=O) groups is 1. The van der Waals surface area contributed by atoms with Crippen molar-refractivity contribution in [3.8, 4) is 0 Å². The molecule has 0 fully saturated rings. The Hall–Kier alpha value is -0.450. The molecule has 0 aliphatic rings. The van der Waals surface area contributed by atoms with E-state index in [0.717, 1.165) is 0 Å². The van der Waals surface area contributed by atoms with Crippen molar-refractivity contribution < 1.29 is 9.53 Å². The third kappa shape index (κ3) is 2.76. The Labute approximate surface area is 82.5 Å². The minimum Gasteiger partial charge on any atom is -0.465 e. The second-order valence-corrected chi connectivity index (χ2v) is 5.35. The van der Waals surface area contributed by atoms with E-state index in [4.69, 9.17) is 0 Å². The molecule has 0 aliphatic carbocycles. The normalized spacial score (nSPS) is 12.5. The second-order valence-electron chi connectivity index (χ2n) is 2.72. The van der Waals surface area contributed by atoms with Crippen LogP contribution in [0.25, 0.3) is 0 Å². The van der Waals surface area contributed by atoms with Crippen molar-refractivity contribution in [2.75, 3.05) is 7.11 Å². The van der Waals surface area contributed by atoms with Gasteiger partial charge in [0.15, 0.2) is 0 Å². The molecule has 1 aromatic rings. The lowest BCUT2D eigenvalue weighted by atomic mass is 10.1. The molecule has 1 rings (SSSR count). The van der Waals surface area contributed by atoms with Crippen LogP contribution >= 0.6 is 18.5 Å². The largest absolute Gasteiger partial charge is 0.465 e. The summed E-state index contributed by atoms with van der Waals surface area (Å²) in [5.74, 6) is -0.287. The highest BCUT2D eigenvalue weighted by molar-refractivity contribution is 7.37. The maximum absolute atomic E-state index is 11.1. The van der Waals surface area contributed by atoms with Gasteiger partial charge in [0, 0.05) is 0 Å². The molecule has 0 amide bonds. The molecule has 3 atom stereocenters. The SMILES string of the molecule is COC(=O)c1ccc(C(P)[PH3+])cc1. The summed E-state index contributed by atoms with van der Waals surface area (Å²) in [4.78, 5) is 11.1. The zero-order valence-electron chi connectivity index (χ0n) is 7.49. The lowest BCUT2D eigenvalue weighted by Crippen LogP contribution is -2.00. The molecule has 4 heteroatoms. The van der Waals surface area contributed by atoms with Crippen LogP contribution in [0.4, 0.5) is 0 Å². The number of hydrogen-bond donors (Lipinski definition) is 0. The summed E-state index contributed by atoms with van der Waals surface area (Å²) in [6, 6.07) is 7.45. The number of rotatable bonds is 2. The molecule has 0 N–H and O–H groups in total. The lowest BCUT2D eigenvalue weighted by Gasteiger charge is -2.02. The molecule has 0 radical (unpaired) electrons. The van der Waals surface area contributed by atoms with Gasteiger partial charge in [-0.2, -0.15) is 0 Å². The van der Waals surface area contributed by atoms with Crippen molar-refractivity contribution in [1.29, 1.82) is 0 Å². The van der Waals surface area contributed by atoms with Gasteiger partial charge in [-0.25, -0.2) is 4.79 Å². The number of ether oxygens (including phenoxy) is 1. The first-order chi connectivity index (χ1) is 6.15. The topological polar surface area (TPSA) is 26.3 Å². The van der Waals surface area contributed by atoms with Gasteiger partial charge in [-0.1, -0.05) is 21.4 Å². The van der Waals surface area contributed by atoms with Gasteiger partial charge < -0.3 is 4.74 Å². The van der Waals surface area contributed by atoms with Gasteiger partial charge in [0.1, 0.15) is 0 Å². The summed E-state index contributed by atoms with van der Waals surface area (Å²) in [7, 11) is 5.99. The summed E-state index contributed by atoms with van der Waals surface area (Å²) in [5, 5.41) is 0.437. The fourth-order valence-electron chi connectivity index (χ4n) is 0.984. The molecular weight excluding hydrogens is 202 g/mol. The zero-order valence-corrected chi connectivity index (χ0v) is 10.1. The predicted octanol–water partition coefficient (Wildman–Crippen LogP) is 1.95. The van der Waals surface area contributed by atoms with Crippen molar-refractivity contribution >= 4 is 24.4 Å². The minimum absolute atomic E-state index is 0.287. The monoisotopic (exact) mass is 215 g/mol. The maximum Gasteiger partial charge on any atom is 0.337 e. The Morgan fingerprint density at radius 2 is 2.00 bits per heavy atom. The van der Waals surface area contributed by atoms with Crippen molar-refractivity contribution in [3.63, 3.8) is 0 Å². The lowest BCUT2D eigenvalue weighted by molar-refractivity contribution is 0.0601. The fraction of sp³-hybridized carbons (Fsp3) is 0.222. The van der Waals surface area contributed by atoms with Crippen LogP contribution in [0.2, 0.25) is 0 Å². The van der Waals surface area contributed by atoms with Crippen LogP contribution in [0.3, 0.4) is 0 Å². The number of hydrogen-bond acceptors (Lipinski definition) is 2. The zero-order chi connectivity index (χ0) is 9.84. The van der Waals surface area contributed by atoms with E-state index in [0.29, 0.717) is 11.0 Å². The molecule has 0 heterocycles. The van der Waals surface area contributed by atoms with E-state index in [1.807, 2.05) is 21.4 Å². The molecule has 70 valence electrons. The number of methoxy groups -OCH3 is 1. The standard InChI is InChI=1S/C9H12O2P2/c1-11-8(10)6-2-4-7(5-3-6)9(12)13/h2-5,9H,12-13H2,1H3/p+1. The summed E-state index contributed by atoms with van der Waals surface area (Å²) in [5.41, 5.74) is 1.80. The van der Waals surface area contributed by atoms with Crippen LogP contribution in [0.15, 0.2) is 24.3 Å². The first kappa shape index (κ1) is 10.6. The van der Waals surface area contributed by atoms with Crippen molar-refractivity contribution in [1.82, 2.24) is 0 Å². The predicted molar refractivity (Wildman–Crippen MR) is 61.3 cm³/mol. The van der Waals surface area contributed by atoms with Gasteiger partial charge in [0.2, 0.25) is 0 Å². The van der Waals surface area contributed by atoms with Gasteiger partial charge in [0.25, 0.3) is 0 Å². The molecule has 13 heavy (non-hydrogen) atoms. The van der Waals surface area contributed by atoms with Gasteiger partial charge in [-0.3, -0.25) is 0 Å². The summed E-state index contributed by atoms with van der Waals surface area (Å²) < 4.78 is 4.59. The summed E-state index contributed by atoms with van der Waals surface area (Å²) in [6.07, 6.45) is 0. The van der Waals surface area contributed by atoms with E-state index >= 15 is 0 Å². The first-order valence-electron chi connectivity index (χ1n) is 3.92. The van der Waals surface area contributed by atoms with Crippen LogP contribution in [0.5, 0.6) is 0 Å². The van der Waals surface area contributed by atoms with Crippen LogP contribution in [0.1, 0.15) is 21.3 Å². The Bertz CT molecular complexity index is 293. The van der Waals surface area contributed by atoms with Crippen LogP contribution in [-0.4, -0.2) is 13.1 Å². The highest BCUT2D eigenvalue weighted by atomic mass is 31.1. The molecule has 0 aromatic heterocycles. The molecular formula is C9H13O2P2+. The minimum atomic E-state index is -0.287. The van der Waals surface area contributed by atoms with Crippen LogP contribution < -0.4 is 0 Å². The van der Waals surface area contributed by atoms with Crippen molar-refractivity contribution in [2.24, 2.45) is 0 Å². The van der Waals surface area contributed by atoms with Gasteiger partial charge >= 0.3 is 5.97 Å². The average molecular weight is 215 g/mol. The smallest absolute Gasteiger partial charge is 0.337 e. The van der Waals surface area contributed by atoms with Crippen LogP contribution in [0, 0.1) is 0 Å². The Morgan fingerprint density at radius 1 is 1.46 bits per heavy atom. The highest BCUT2D eigenvalue weighted by Crippen LogP contribution is 2.29. The third-order valence-electron chi connectivity index (χ3n) is 1.76. The first-order valence-corrected chi connectivity index (χ1v) is 5.40. The van der Waals surface area contributed by atoms with E-state index < -0.39 is 0 Å². The Balaban J connectivity index is 2.87. The molecule has 0 bridgehead atoms. The Morgan fingerprint density at radius 3 is 2.38 bits per heavy atom. The second kappa shape index (κ2) is 4.69. The fourth-order valence-corrected chi connectivity index (χ4v) is 1.48. The van der Waals surface area contributed by atoms with E-state index in [2.05, 4.69) is 14.0 Å². The van der Waals surface area contributed by atoms with Gasteiger partial charge in [0.05, 0.1) is 18.1 Å². The van der Waals surface area contributed by atoms with E-state index in [1.54, 1.807) is 12.1 Å².